The average molecular weight is 243 g/mol. The van der Waals surface area contributed by atoms with E-state index in [9.17, 15) is 13.2 Å². The van der Waals surface area contributed by atoms with Crippen molar-refractivity contribution < 1.29 is 13.2 Å². The molecule has 0 aromatic carbocycles. The minimum atomic E-state index is -4.36. The van der Waals surface area contributed by atoms with E-state index in [2.05, 4.69) is 4.98 Å². The van der Waals surface area contributed by atoms with Crippen LogP contribution in [-0.4, -0.2) is 15.7 Å². The van der Waals surface area contributed by atoms with E-state index in [0.717, 1.165) is 11.8 Å². The minimum absolute atomic E-state index is 0.233. The van der Waals surface area contributed by atoms with Gasteiger partial charge in [0.25, 0.3) is 0 Å². The molecule has 0 fully saturated rings. The molecular formula is C11H12F3N3. The number of nitrogens with zero attached hydrogens (tertiary/aromatic N) is 2. The highest BCUT2D eigenvalue weighted by Gasteiger charge is 2.34. The molecule has 1 aromatic heterocycles. The fourth-order valence-electron chi connectivity index (χ4n) is 1.80. The van der Waals surface area contributed by atoms with Crippen LogP contribution in [0.2, 0.25) is 0 Å². The van der Waals surface area contributed by atoms with Crippen molar-refractivity contribution in [3.05, 3.63) is 41.6 Å². The first-order chi connectivity index (χ1) is 7.86. The number of hydrogen-bond acceptors (Lipinski definition) is 2. The summed E-state index contributed by atoms with van der Waals surface area (Å²) in [6, 6.07) is -0.419. The Bertz CT molecular complexity index is 482. The number of allylic oxidation sites excluding steroid dienone is 4. The van der Waals surface area contributed by atoms with Crippen LogP contribution < -0.4 is 5.73 Å². The molecule has 1 aromatic rings. The minimum Gasteiger partial charge on any atom is -0.402 e. The van der Waals surface area contributed by atoms with Crippen LogP contribution in [0.25, 0.3) is 0 Å². The maximum Gasteiger partial charge on any atom is 0.416 e. The predicted molar refractivity (Wildman–Crippen MR) is 57.0 cm³/mol. The number of rotatable bonds is 1. The van der Waals surface area contributed by atoms with Gasteiger partial charge in [0.2, 0.25) is 0 Å². The van der Waals surface area contributed by atoms with E-state index in [-0.39, 0.29) is 5.70 Å². The van der Waals surface area contributed by atoms with E-state index in [1.54, 1.807) is 17.7 Å². The summed E-state index contributed by atoms with van der Waals surface area (Å²) in [6.07, 6.45) is 1.39. The van der Waals surface area contributed by atoms with Gasteiger partial charge < -0.3 is 10.3 Å². The van der Waals surface area contributed by atoms with Gasteiger partial charge in [0.1, 0.15) is 0 Å². The van der Waals surface area contributed by atoms with E-state index in [1.165, 1.54) is 12.4 Å². The molecule has 17 heavy (non-hydrogen) atoms. The van der Waals surface area contributed by atoms with Crippen LogP contribution in [0.15, 0.2) is 35.9 Å². The zero-order valence-electron chi connectivity index (χ0n) is 9.20. The zero-order chi connectivity index (χ0) is 12.6. The van der Waals surface area contributed by atoms with Gasteiger partial charge >= 0.3 is 6.18 Å². The molecule has 0 aliphatic heterocycles. The van der Waals surface area contributed by atoms with Crippen LogP contribution in [0.5, 0.6) is 0 Å². The second-order valence-electron chi connectivity index (χ2n) is 4.07. The van der Waals surface area contributed by atoms with Crippen molar-refractivity contribution in [2.45, 2.75) is 25.6 Å². The standard InChI is InChI=1S/C11H12F3N3/c1-7-5-17(6-16-7)10-3-8(11(12,13)14)2-9(15)4-10/h2-3,5-6,10H,4,15H2,1H3. The number of nitrogens with two attached hydrogens (primary N) is 1. The maximum atomic E-state index is 12.6. The smallest absolute Gasteiger partial charge is 0.402 e. The molecule has 3 nitrogen and oxygen atoms in total. The quantitative estimate of drug-likeness (QED) is 0.823. The molecule has 0 saturated heterocycles. The summed E-state index contributed by atoms with van der Waals surface area (Å²) >= 11 is 0. The second kappa shape index (κ2) is 3.94. The van der Waals surface area contributed by atoms with Crippen molar-refractivity contribution in [1.82, 2.24) is 9.55 Å². The van der Waals surface area contributed by atoms with Gasteiger partial charge in [-0.1, -0.05) is 0 Å². The topological polar surface area (TPSA) is 43.8 Å². The Kier molecular flexibility index (Phi) is 2.73. The lowest BCUT2D eigenvalue weighted by Gasteiger charge is -2.22. The number of aryl methyl sites for hydroxylation is 1. The third kappa shape index (κ3) is 2.51. The fourth-order valence-corrected chi connectivity index (χ4v) is 1.80. The summed E-state index contributed by atoms with van der Waals surface area (Å²) in [5.41, 5.74) is 5.84. The Balaban J connectivity index is 2.33. The normalized spacial score (nSPS) is 21.1. The molecule has 1 unspecified atom stereocenters. The lowest BCUT2D eigenvalue weighted by atomic mass is 9.99. The van der Waals surface area contributed by atoms with Crippen molar-refractivity contribution in [3.8, 4) is 0 Å². The summed E-state index contributed by atoms with van der Waals surface area (Å²) in [5.74, 6) is 0. The van der Waals surface area contributed by atoms with E-state index >= 15 is 0 Å². The molecule has 6 heteroatoms. The van der Waals surface area contributed by atoms with Crippen molar-refractivity contribution in [3.63, 3.8) is 0 Å². The van der Waals surface area contributed by atoms with Gasteiger partial charge in [-0.3, -0.25) is 0 Å². The van der Waals surface area contributed by atoms with Crippen LogP contribution in [0.3, 0.4) is 0 Å². The van der Waals surface area contributed by atoms with Crippen molar-refractivity contribution in [2.75, 3.05) is 0 Å². The van der Waals surface area contributed by atoms with Gasteiger partial charge in [0.15, 0.2) is 0 Å². The molecule has 1 aliphatic carbocycles. The molecule has 0 amide bonds. The highest BCUT2D eigenvalue weighted by Crippen LogP contribution is 2.34. The van der Waals surface area contributed by atoms with Crippen LogP contribution in [0.1, 0.15) is 18.2 Å². The first-order valence-corrected chi connectivity index (χ1v) is 5.11. The average Bonchev–Trinajstić information content (AvgIpc) is 2.62. The number of aromatic nitrogens is 2. The van der Waals surface area contributed by atoms with Crippen LogP contribution in [0.4, 0.5) is 13.2 Å². The first kappa shape index (κ1) is 11.8. The van der Waals surface area contributed by atoms with Gasteiger partial charge in [0, 0.05) is 18.3 Å². The third-order valence-corrected chi connectivity index (χ3v) is 2.60. The number of imidazole rings is 1. The number of hydrogen-bond donors (Lipinski definition) is 1. The molecule has 2 rings (SSSR count). The van der Waals surface area contributed by atoms with Crippen LogP contribution in [0, 0.1) is 6.92 Å². The molecule has 0 bridgehead atoms. The molecule has 2 N–H and O–H groups in total. The summed E-state index contributed by atoms with van der Waals surface area (Å²) in [4.78, 5) is 4.00. The third-order valence-electron chi connectivity index (χ3n) is 2.60. The van der Waals surface area contributed by atoms with Gasteiger partial charge in [-0.05, 0) is 19.1 Å². The van der Waals surface area contributed by atoms with Crippen molar-refractivity contribution >= 4 is 0 Å². The Morgan fingerprint density at radius 2 is 2.18 bits per heavy atom. The van der Waals surface area contributed by atoms with Crippen LogP contribution in [-0.2, 0) is 0 Å². The molecule has 1 atom stereocenters. The van der Waals surface area contributed by atoms with Crippen LogP contribution >= 0.6 is 0 Å². The Morgan fingerprint density at radius 3 is 2.71 bits per heavy atom. The molecule has 0 saturated carbocycles. The molecular weight excluding hydrogens is 231 g/mol. The maximum absolute atomic E-state index is 12.6. The molecule has 92 valence electrons. The lowest BCUT2D eigenvalue weighted by Crippen LogP contribution is -2.20. The van der Waals surface area contributed by atoms with Gasteiger partial charge in [-0.2, -0.15) is 13.2 Å². The van der Waals surface area contributed by atoms with Gasteiger partial charge in [-0.15, -0.1) is 0 Å². The van der Waals surface area contributed by atoms with Crippen molar-refractivity contribution in [1.29, 1.82) is 0 Å². The van der Waals surface area contributed by atoms with E-state index in [4.69, 9.17) is 5.73 Å². The monoisotopic (exact) mass is 243 g/mol. The van der Waals surface area contributed by atoms with Gasteiger partial charge in [0.05, 0.1) is 23.6 Å². The summed E-state index contributed by atoms with van der Waals surface area (Å²) in [6.45, 7) is 1.78. The second-order valence-corrected chi connectivity index (χ2v) is 4.07. The first-order valence-electron chi connectivity index (χ1n) is 5.11. The summed E-state index contributed by atoms with van der Waals surface area (Å²) in [7, 11) is 0. The number of alkyl halides is 3. The Labute approximate surface area is 96.4 Å². The SMILES string of the molecule is Cc1cn(C2C=C(C(F)(F)F)C=C(N)C2)cn1. The fraction of sp³-hybridized carbons (Fsp3) is 0.364. The largest absolute Gasteiger partial charge is 0.416 e. The molecule has 1 heterocycles. The lowest BCUT2D eigenvalue weighted by molar-refractivity contribution is -0.0890. The van der Waals surface area contributed by atoms with E-state index in [1.807, 2.05) is 0 Å². The number of halogens is 3. The van der Waals surface area contributed by atoms with E-state index < -0.39 is 17.8 Å². The highest BCUT2D eigenvalue weighted by atomic mass is 19.4. The summed E-state index contributed by atoms with van der Waals surface area (Å²) in [5, 5.41) is 0. The van der Waals surface area contributed by atoms with Crippen molar-refractivity contribution in [2.24, 2.45) is 5.73 Å². The Morgan fingerprint density at radius 1 is 1.47 bits per heavy atom. The molecule has 1 aliphatic rings. The van der Waals surface area contributed by atoms with E-state index in [0.29, 0.717) is 6.42 Å². The van der Waals surface area contributed by atoms with Gasteiger partial charge in [-0.25, -0.2) is 4.98 Å². The highest BCUT2D eigenvalue weighted by molar-refractivity contribution is 5.32. The predicted octanol–water partition coefficient (Wildman–Crippen LogP) is 2.47. The Hall–Kier alpha value is -1.72. The molecule has 0 radical (unpaired) electrons. The summed E-state index contributed by atoms with van der Waals surface area (Å²) < 4.78 is 39.5. The zero-order valence-corrected chi connectivity index (χ0v) is 9.20. The molecule has 0 spiro atoms.